The van der Waals surface area contributed by atoms with Gasteiger partial charge in [-0.25, -0.2) is 20.9 Å². The summed E-state index contributed by atoms with van der Waals surface area (Å²) in [6, 6.07) is 8.23. The molecule has 1 aromatic carbocycles. The molecule has 1 aromatic rings. The van der Waals surface area contributed by atoms with Crippen LogP contribution in [-0.4, -0.2) is 133 Å². The van der Waals surface area contributed by atoms with Gasteiger partial charge < -0.3 is 28.4 Å². The van der Waals surface area contributed by atoms with Crippen LogP contribution in [0.25, 0.3) is 0 Å². The monoisotopic (exact) mass is 852 g/mol. The zero-order valence-corrected chi connectivity index (χ0v) is 32.7. The molecular weight excluding hydrogens is 813 g/mol. The van der Waals surface area contributed by atoms with Gasteiger partial charge >= 0.3 is 41.4 Å². The van der Waals surface area contributed by atoms with Gasteiger partial charge in [0, 0.05) is 13.1 Å². The van der Waals surface area contributed by atoms with E-state index in [9.17, 15) is 33.7 Å². The lowest BCUT2D eigenvalue weighted by Gasteiger charge is -2.39. The highest BCUT2D eigenvalue weighted by molar-refractivity contribution is 7.88. The third-order valence-electron chi connectivity index (χ3n) is 8.95. The number of hydrogen-bond acceptors (Lipinski definition) is 20. The number of fused-ring (bicyclic) bond motifs is 6. The van der Waals surface area contributed by atoms with Crippen LogP contribution in [0.4, 0.5) is 5.69 Å². The van der Waals surface area contributed by atoms with Gasteiger partial charge in [-0.2, -0.15) is 38.4 Å². The van der Waals surface area contributed by atoms with Gasteiger partial charge in [-0.3, -0.25) is 8.49 Å². The maximum absolute atomic E-state index is 12.7. The minimum atomic E-state index is -4.21. The maximum Gasteiger partial charge on any atom is 0.400 e. The molecule has 7 aliphatic rings. The molecule has 6 aliphatic heterocycles. The molecule has 0 radical (unpaired) electrons. The molecule has 1 aliphatic carbocycles. The molecule has 54 heavy (non-hydrogen) atoms. The first-order valence-corrected chi connectivity index (χ1v) is 22.0. The molecule has 6 heterocycles. The van der Waals surface area contributed by atoms with Crippen molar-refractivity contribution in [2.45, 2.75) is 106 Å². The van der Waals surface area contributed by atoms with E-state index in [1.54, 1.807) is 58.0 Å². The Morgan fingerprint density at radius 2 is 1.20 bits per heavy atom. The van der Waals surface area contributed by atoms with E-state index in [1.807, 2.05) is 0 Å². The zero-order chi connectivity index (χ0) is 39.2. The molecule has 26 heteroatoms. The lowest BCUT2D eigenvalue weighted by atomic mass is 9.98. The van der Waals surface area contributed by atoms with Crippen LogP contribution in [0.15, 0.2) is 30.3 Å². The smallest absolute Gasteiger partial charge is 0.343 e. The van der Waals surface area contributed by atoms with Gasteiger partial charge in [-0.1, -0.05) is 18.2 Å². The van der Waals surface area contributed by atoms with E-state index < -0.39 is 114 Å². The Balaban J connectivity index is 0.000000168. The Kier molecular flexibility index (Phi) is 10.3. The number of ether oxygens (including phenoxy) is 6. The standard InChI is InChI=1S/C16H21NO10S2.C12H19NO10S2/c1-15(2)24-14-13-12(25-29(20,21)26-13)9-22-16(14,27-15)10-23-28(18,19)17(3)11-7-5-4-6-8-11;1-11(2)20-10-9-8(21-25(16,17)22-9)5-18-12(10,23-11)6-19-24(14,15)13-7-3-4-7/h4-8,12-14H,9-10H2,1-3H3;7-10,13H,3-6H2,1-2H3/t12-,13-,14+,16+;8-,9-,10+,12+/m11/s1. The minimum absolute atomic E-state index is 0.121. The molecule has 22 nitrogen and oxygen atoms in total. The van der Waals surface area contributed by atoms with Gasteiger partial charge in [0.15, 0.2) is 11.6 Å². The quantitative estimate of drug-likeness (QED) is 0.302. The zero-order valence-electron chi connectivity index (χ0n) is 29.4. The molecule has 0 spiro atoms. The van der Waals surface area contributed by atoms with Gasteiger partial charge in [0.2, 0.25) is 11.6 Å². The normalized spacial score (nSPS) is 38.3. The highest BCUT2D eigenvalue weighted by Crippen LogP contribution is 2.48. The number of rotatable bonds is 10. The Morgan fingerprint density at radius 3 is 1.67 bits per heavy atom. The molecule has 0 unspecified atom stereocenters. The summed E-state index contributed by atoms with van der Waals surface area (Å²) in [5, 5.41) is 0. The van der Waals surface area contributed by atoms with E-state index in [1.165, 1.54) is 7.05 Å². The van der Waals surface area contributed by atoms with E-state index >= 15 is 0 Å². The average Bonchev–Trinajstić information content (AvgIpc) is 3.48. The predicted molar refractivity (Wildman–Crippen MR) is 176 cm³/mol. The van der Waals surface area contributed by atoms with Crippen molar-refractivity contribution in [3.63, 3.8) is 0 Å². The highest BCUT2D eigenvalue weighted by Gasteiger charge is 2.67. The molecule has 1 N–H and O–H groups in total. The molecule has 1 saturated carbocycles. The fourth-order valence-electron chi connectivity index (χ4n) is 6.59. The molecule has 306 valence electrons. The summed E-state index contributed by atoms with van der Waals surface area (Å²) in [6.07, 6.45) is -4.54. The summed E-state index contributed by atoms with van der Waals surface area (Å²) in [7, 11) is -15.2. The molecule has 0 bridgehead atoms. The third kappa shape index (κ3) is 8.45. The summed E-state index contributed by atoms with van der Waals surface area (Å²) in [4.78, 5) is 0. The topological polar surface area (TPSA) is 263 Å². The van der Waals surface area contributed by atoms with Crippen molar-refractivity contribution in [1.29, 1.82) is 0 Å². The van der Waals surface area contributed by atoms with Crippen molar-refractivity contribution in [1.82, 2.24) is 4.72 Å². The number of nitrogens with zero attached hydrogens (tertiary/aromatic N) is 1. The summed E-state index contributed by atoms with van der Waals surface area (Å²) in [6.45, 7) is 4.86. The van der Waals surface area contributed by atoms with E-state index in [0.717, 1.165) is 17.1 Å². The number of benzene rings is 1. The average molecular weight is 853 g/mol. The molecular formula is C28H40N2O20S4. The van der Waals surface area contributed by atoms with Crippen LogP contribution in [0.3, 0.4) is 0 Å². The van der Waals surface area contributed by atoms with E-state index in [-0.39, 0.29) is 19.3 Å². The molecule has 0 amide bonds. The lowest BCUT2D eigenvalue weighted by Crippen LogP contribution is -2.60. The number of anilines is 1. The molecule has 6 saturated heterocycles. The van der Waals surface area contributed by atoms with E-state index in [2.05, 4.69) is 4.72 Å². The van der Waals surface area contributed by atoms with Crippen molar-refractivity contribution >= 4 is 47.1 Å². The van der Waals surface area contributed by atoms with Crippen LogP contribution in [0.5, 0.6) is 0 Å². The fourth-order valence-corrected chi connectivity index (χ4v) is 10.5. The third-order valence-corrected chi connectivity index (χ3v) is 13.2. The van der Waals surface area contributed by atoms with Crippen LogP contribution in [0.2, 0.25) is 0 Å². The first-order valence-electron chi connectivity index (χ1n) is 16.5. The fraction of sp³-hybridized carbons (Fsp3) is 0.786. The largest absolute Gasteiger partial charge is 0.400 e. The van der Waals surface area contributed by atoms with Crippen molar-refractivity contribution in [2.75, 3.05) is 37.8 Å². The molecule has 0 aromatic heterocycles. The first kappa shape index (κ1) is 40.5. The summed E-state index contributed by atoms with van der Waals surface area (Å²) in [5.41, 5.74) is 0.397. The Bertz CT molecular complexity index is 2030. The summed E-state index contributed by atoms with van der Waals surface area (Å²) >= 11 is 0. The minimum Gasteiger partial charge on any atom is -0.343 e. The number of para-hydroxylation sites is 1. The van der Waals surface area contributed by atoms with Crippen LogP contribution in [0, 0.1) is 0 Å². The van der Waals surface area contributed by atoms with Crippen LogP contribution in [-0.2, 0) is 94.9 Å². The summed E-state index contributed by atoms with van der Waals surface area (Å²) < 4.78 is 163. The predicted octanol–water partition coefficient (Wildman–Crippen LogP) is -0.802. The Labute approximate surface area is 312 Å². The van der Waals surface area contributed by atoms with Gasteiger partial charge in [0.25, 0.3) is 0 Å². The number of hydrogen-bond donors (Lipinski definition) is 1. The summed E-state index contributed by atoms with van der Waals surface area (Å²) in [5.74, 6) is -5.69. The van der Waals surface area contributed by atoms with Crippen molar-refractivity contribution in [3.05, 3.63) is 30.3 Å². The van der Waals surface area contributed by atoms with Gasteiger partial charge in [0.05, 0.1) is 18.9 Å². The van der Waals surface area contributed by atoms with E-state index in [4.69, 9.17) is 53.5 Å². The molecule has 8 rings (SSSR count). The first-order chi connectivity index (χ1) is 24.9. The number of nitrogens with one attached hydrogen (secondary N) is 1. The second-order valence-electron chi connectivity index (χ2n) is 14.2. The van der Waals surface area contributed by atoms with Crippen LogP contribution < -0.4 is 9.03 Å². The van der Waals surface area contributed by atoms with Gasteiger partial charge in [-0.15, -0.1) is 0 Å². The van der Waals surface area contributed by atoms with Crippen molar-refractivity contribution in [2.24, 2.45) is 0 Å². The molecule has 8 atom stereocenters. The Hall–Kier alpha value is -1.70. The van der Waals surface area contributed by atoms with E-state index in [0.29, 0.717) is 5.69 Å². The van der Waals surface area contributed by atoms with Crippen LogP contribution in [0.1, 0.15) is 40.5 Å². The van der Waals surface area contributed by atoms with Crippen molar-refractivity contribution < 1.29 is 87.2 Å². The SMILES string of the molecule is CC1(C)O[C@H]2[C@@H]3OS(=O)(=O)O[C@@H]3CO[C@@]2(COS(=O)(=O)NC2CC2)O1.CN(c1ccccc1)S(=O)(=O)OC[C@@]12OC[C@H]3OS(=O)(=O)O[C@H]3[C@@H]1OC(C)(C)O2. The van der Waals surface area contributed by atoms with Crippen molar-refractivity contribution in [3.8, 4) is 0 Å². The van der Waals surface area contributed by atoms with Gasteiger partial charge in [-0.05, 0) is 52.7 Å². The van der Waals surface area contributed by atoms with Gasteiger partial charge in [0.1, 0.15) is 49.8 Å². The highest BCUT2D eigenvalue weighted by atomic mass is 32.3. The Morgan fingerprint density at radius 1 is 0.741 bits per heavy atom. The second-order valence-corrected chi connectivity index (χ2v) is 19.6. The second kappa shape index (κ2) is 13.7. The maximum atomic E-state index is 12.7. The lowest BCUT2D eigenvalue weighted by molar-refractivity contribution is -0.290. The van der Waals surface area contributed by atoms with Crippen LogP contribution >= 0.6 is 0 Å². The molecule has 7 fully saturated rings.